The SMILES string of the molecule is CCOc1cc(B2CC(C)(C)C(C)(C)O2)ccc1OCCC(=O)O. The Labute approximate surface area is 144 Å². The fourth-order valence-electron chi connectivity index (χ4n) is 2.81. The highest BCUT2D eigenvalue weighted by molar-refractivity contribution is 6.68. The van der Waals surface area contributed by atoms with Crippen LogP contribution in [0.4, 0.5) is 0 Å². The van der Waals surface area contributed by atoms with Gasteiger partial charge in [0.2, 0.25) is 0 Å². The van der Waals surface area contributed by atoms with Crippen LogP contribution in [0.2, 0.25) is 6.32 Å². The van der Waals surface area contributed by atoms with Crippen LogP contribution in [0.5, 0.6) is 11.5 Å². The van der Waals surface area contributed by atoms with Gasteiger partial charge in [-0.05, 0) is 50.1 Å². The monoisotopic (exact) mass is 334 g/mol. The van der Waals surface area contributed by atoms with Crippen molar-refractivity contribution in [1.29, 1.82) is 0 Å². The third-order valence-corrected chi connectivity index (χ3v) is 4.98. The smallest absolute Gasteiger partial charge is 0.328 e. The van der Waals surface area contributed by atoms with E-state index in [1.807, 2.05) is 25.1 Å². The van der Waals surface area contributed by atoms with Crippen molar-refractivity contribution in [2.45, 2.75) is 53.0 Å². The van der Waals surface area contributed by atoms with Gasteiger partial charge >= 0.3 is 12.9 Å². The largest absolute Gasteiger partial charge is 0.490 e. The summed E-state index contributed by atoms with van der Waals surface area (Å²) in [7, 11) is 0. The number of carbonyl (C=O) groups is 1. The van der Waals surface area contributed by atoms with E-state index in [1.54, 1.807) is 0 Å². The molecule has 1 aliphatic heterocycles. The molecule has 1 aromatic carbocycles. The van der Waals surface area contributed by atoms with E-state index in [0.717, 1.165) is 11.8 Å². The molecule has 6 heteroatoms. The van der Waals surface area contributed by atoms with Crippen LogP contribution in [0, 0.1) is 5.41 Å². The van der Waals surface area contributed by atoms with Gasteiger partial charge in [0.05, 0.1) is 25.2 Å². The third kappa shape index (κ3) is 4.04. The molecule has 1 aromatic rings. The van der Waals surface area contributed by atoms with E-state index in [-0.39, 0.29) is 31.0 Å². The van der Waals surface area contributed by atoms with Gasteiger partial charge in [-0.1, -0.05) is 19.9 Å². The molecule has 2 rings (SSSR count). The Hall–Kier alpha value is -1.69. The summed E-state index contributed by atoms with van der Waals surface area (Å²) in [5.41, 5.74) is 0.947. The van der Waals surface area contributed by atoms with E-state index in [2.05, 4.69) is 27.7 Å². The number of carboxylic acids is 1. The number of rotatable bonds is 7. The van der Waals surface area contributed by atoms with E-state index in [4.69, 9.17) is 19.2 Å². The summed E-state index contributed by atoms with van der Waals surface area (Å²) in [5.74, 6) is 0.318. The summed E-state index contributed by atoms with van der Waals surface area (Å²) in [6.07, 6.45) is 0.895. The summed E-state index contributed by atoms with van der Waals surface area (Å²) < 4.78 is 17.5. The van der Waals surface area contributed by atoms with Gasteiger partial charge in [0.25, 0.3) is 0 Å². The van der Waals surface area contributed by atoms with Gasteiger partial charge in [0, 0.05) is 0 Å². The lowest BCUT2D eigenvalue weighted by atomic mass is 9.54. The Morgan fingerprint density at radius 1 is 1.25 bits per heavy atom. The molecule has 0 bridgehead atoms. The number of aliphatic carboxylic acids is 1. The summed E-state index contributed by atoms with van der Waals surface area (Å²) in [6, 6.07) is 5.76. The minimum absolute atomic E-state index is 0.0160. The van der Waals surface area contributed by atoms with Crippen molar-refractivity contribution in [3.8, 4) is 11.5 Å². The Morgan fingerprint density at radius 3 is 2.50 bits per heavy atom. The molecule has 0 amide bonds. The molecule has 0 aromatic heterocycles. The van der Waals surface area contributed by atoms with Crippen LogP contribution in [0.25, 0.3) is 0 Å². The van der Waals surface area contributed by atoms with E-state index in [0.29, 0.717) is 18.1 Å². The van der Waals surface area contributed by atoms with Crippen LogP contribution in [-0.4, -0.2) is 36.8 Å². The molecule has 24 heavy (non-hydrogen) atoms. The van der Waals surface area contributed by atoms with Gasteiger partial charge < -0.3 is 19.2 Å². The molecule has 1 N–H and O–H groups in total. The minimum atomic E-state index is -0.881. The second-order valence-electron chi connectivity index (χ2n) is 7.34. The van der Waals surface area contributed by atoms with Gasteiger partial charge in [-0.25, -0.2) is 0 Å². The fourth-order valence-corrected chi connectivity index (χ4v) is 2.81. The lowest BCUT2D eigenvalue weighted by Crippen LogP contribution is -2.36. The zero-order valence-corrected chi connectivity index (χ0v) is 15.2. The molecule has 0 unspecified atom stereocenters. The third-order valence-electron chi connectivity index (χ3n) is 4.98. The fraction of sp³-hybridized carbons (Fsp3) is 0.611. The maximum absolute atomic E-state index is 10.6. The van der Waals surface area contributed by atoms with Crippen molar-refractivity contribution in [3.05, 3.63) is 18.2 Å². The highest BCUT2D eigenvalue weighted by atomic mass is 16.5. The van der Waals surface area contributed by atoms with Gasteiger partial charge in [-0.3, -0.25) is 4.79 Å². The normalized spacial score (nSPS) is 18.5. The maximum Gasteiger partial charge on any atom is 0.328 e. The standard InChI is InChI=1S/C18H27BO5/c1-6-22-15-11-13(7-8-14(15)23-10-9-16(20)21)19-12-17(2,3)18(4,5)24-19/h7-8,11H,6,9-10,12H2,1-5H3,(H,20,21). The molecule has 0 aliphatic carbocycles. The Kier molecular flexibility index (Phi) is 5.48. The van der Waals surface area contributed by atoms with Crippen molar-refractivity contribution in [2.24, 2.45) is 5.41 Å². The minimum Gasteiger partial charge on any atom is -0.490 e. The average molecular weight is 334 g/mol. The quantitative estimate of drug-likeness (QED) is 0.777. The van der Waals surface area contributed by atoms with E-state index in [1.165, 1.54) is 0 Å². The Morgan fingerprint density at radius 2 is 1.96 bits per heavy atom. The Bertz CT molecular complexity index is 581. The molecule has 132 valence electrons. The first kappa shape index (κ1) is 18.7. The van der Waals surface area contributed by atoms with Crippen molar-refractivity contribution in [1.82, 2.24) is 0 Å². The summed E-state index contributed by atoms with van der Waals surface area (Å²) >= 11 is 0. The topological polar surface area (TPSA) is 65.0 Å². The molecular weight excluding hydrogens is 307 g/mol. The van der Waals surface area contributed by atoms with Crippen LogP contribution in [0.15, 0.2) is 18.2 Å². The van der Waals surface area contributed by atoms with Crippen LogP contribution in [0.3, 0.4) is 0 Å². The van der Waals surface area contributed by atoms with E-state index >= 15 is 0 Å². The molecule has 5 nitrogen and oxygen atoms in total. The van der Waals surface area contributed by atoms with Crippen molar-refractivity contribution >= 4 is 18.3 Å². The van der Waals surface area contributed by atoms with Gasteiger partial charge in [0.15, 0.2) is 11.5 Å². The van der Waals surface area contributed by atoms with Crippen LogP contribution < -0.4 is 14.9 Å². The van der Waals surface area contributed by atoms with Crippen molar-refractivity contribution in [2.75, 3.05) is 13.2 Å². The molecule has 0 atom stereocenters. The first-order valence-electron chi connectivity index (χ1n) is 8.45. The highest BCUT2D eigenvalue weighted by Crippen LogP contribution is 2.45. The lowest BCUT2D eigenvalue weighted by Gasteiger charge is -2.34. The molecule has 1 fully saturated rings. The predicted molar refractivity (Wildman–Crippen MR) is 94.5 cm³/mol. The molecule has 0 spiro atoms. The Balaban J connectivity index is 2.18. The van der Waals surface area contributed by atoms with Gasteiger partial charge in [-0.15, -0.1) is 0 Å². The molecule has 1 aliphatic rings. The number of ether oxygens (including phenoxy) is 2. The molecule has 0 radical (unpaired) electrons. The summed E-state index contributed by atoms with van der Waals surface area (Å²) in [4.78, 5) is 10.6. The van der Waals surface area contributed by atoms with Crippen LogP contribution >= 0.6 is 0 Å². The highest BCUT2D eigenvalue weighted by Gasteiger charge is 2.49. The molecule has 1 heterocycles. The lowest BCUT2D eigenvalue weighted by molar-refractivity contribution is -0.137. The van der Waals surface area contributed by atoms with Crippen LogP contribution in [-0.2, 0) is 9.45 Å². The summed E-state index contributed by atoms with van der Waals surface area (Å²) in [6.45, 7) is 11.3. The van der Waals surface area contributed by atoms with E-state index < -0.39 is 5.97 Å². The maximum atomic E-state index is 10.6. The van der Waals surface area contributed by atoms with Gasteiger partial charge in [0.1, 0.15) is 0 Å². The number of hydrogen-bond acceptors (Lipinski definition) is 4. The molecule has 0 saturated carbocycles. The second-order valence-corrected chi connectivity index (χ2v) is 7.34. The molecule has 1 saturated heterocycles. The first-order chi connectivity index (χ1) is 11.2. The average Bonchev–Trinajstić information content (AvgIpc) is 2.69. The zero-order valence-electron chi connectivity index (χ0n) is 15.2. The molecular formula is C18H27BO5. The van der Waals surface area contributed by atoms with Crippen molar-refractivity contribution < 1.29 is 24.0 Å². The predicted octanol–water partition coefficient (Wildman–Crippen LogP) is 2.97. The van der Waals surface area contributed by atoms with Gasteiger partial charge in [-0.2, -0.15) is 0 Å². The first-order valence-corrected chi connectivity index (χ1v) is 8.45. The zero-order chi connectivity index (χ0) is 18.0. The number of hydrogen-bond donors (Lipinski definition) is 1. The van der Waals surface area contributed by atoms with E-state index in [9.17, 15) is 4.79 Å². The second kappa shape index (κ2) is 7.05. The summed E-state index contributed by atoms with van der Waals surface area (Å²) in [5, 5.41) is 8.72. The number of benzene rings is 1. The number of carboxylic acid groups (broad SMARTS) is 1. The van der Waals surface area contributed by atoms with Crippen LogP contribution in [0.1, 0.15) is 41.0 Å². The van der Waals surface area contributed by atoms with Crippen molar-refractivity contribution in [3.63, 3.8) is 0 Å².